The first kappa shape index (κ1) is 21.7. The molecule has 5 rings (SSSR count). The maximum Gasteiger partial charge on any atom is 0.265 e. The highest BCUT2D eigenvalue weighted by atomic mass is 32.1. The lowest BCUT2D eigenvalue weighted by Gasteiger charge is -2.22. The third kappa shape index (κ3) is 4.04. The molecule has 0 unspecified atom stereocenters. The summed E-state index contributed by atoms with van der Waals surface area (Å²) in [5, 5.41) is 4.63. The number of carbonyl (C=O) groups is 1. The molecule has 0 atom stereocenters. The van der Waals surface area contributed by atoms with Crippen LogP contribution < -0.4 is 15.6 Å². The lowest BCUT2D eigenvalue weighted by atomic mass is 9.95. The Kier molecular flexibility index (Phi) is 5.94. The number of rotatable bonds is 5. The molecular formula is C27H28N2O3S. The van der Waals surface area contributed by atoms with Crippen molar-refractivity contribution in [3.05, 3.63) is 74.9 Å². The van der Waals surface area contributed by atoms with Crippen molar-refractivity contribution in [2.75, 3.05) is 7.11 Å². The lowest BCUT2D eigenvalue weighted by molar-refractivity contribution is 0.0929. The molecule has 1 fully saturated rings. The van der Waals surface area contributed by atoms with E-state index in [1.165, 1.54) is 30.4 Å². The molecule has 2 heterocycles. The van der Waals surface area contributed by atoms with Crippen LogP contribution in [0.2, 0.25) is 0 Å². The van der Waals surface area contributed by atoms with Crippen LogP contribution in [0.15, 0.2) is 53.3 Å². The summed E-state index contributed by atoms with van der Waals surface area (Å²) in [4.78, 5) is 27.5. The summed E-state index contributed by atoms with van der Waals surface area (Å²) < 4.78 is 8.29. The summed E-state index contributed by atoms with van der Waals surface area (Å²) in [5.74, 6) is 0.241. The van der Waals surface area contributed by atoms with E-state index in [4.69, 9.17) is 4.74 Å². The predicted molar refractivity (Wildman–Crippen MR) is 135 cm³/mol. The number of methoxy groups -OCH3 is 1. The lowest BCUT2D eigenvalue weighted by Crippen LogP contribution is -2.35. The van der Waals surface area contributed by atoms with Gasteiger partial charge in [-0.3, -0.25) is 9.59 Å². The number of fused-ring (bicyclic) bond motifs is 3. The Morgan fingerprint density at radius 1 is 1.09 bits per heavy atom. The molecule has 4 aromatic rings. The van der Waals surface area contributed by atoms with Gasteiger partial charge in [-0.15, -0.1) is 11.3 Å². The molecule has 33 heavy (non-hydrogen) atoms. The number of amides is 1. The zero-order valence-corrected chi connectivity index (χ0v) is 19.8. The van der Waals surface area contributed by atoms with Crippen LogP contribution in [-0.2, 0) is 6.54 Å². The van der Waals surface area contributed by atoms with Gasteiger partial charge in [0, 0.05) is 11.4 Å². The number of para-hydroxylation sites is 1. The molecule has 1 aliphatic rings. The summed E-state index contributed by atoms with van der Waals surface area (Å²) in [6.07, 6.45) is 5.52. The van der Waals surface area contributed by atoms with E-state index in [0.29, 0.717) is 22.6 Å². The molecule has 0 spiro atoms. The summed E-state index contributed by atoms with van der Waals surface area (Å²) in [5.41, 5.74) is 2.96. The van der Waals surface area contributed by atoms with Gasteiger partial charge in [0.25, 0.3) is 11.5 Å². The number of aromatic nitrogens is 1. The van der Waals surface area contributed by atoms with Crippen LogP contribution in [0.3, 0.4) is 0 Å². The molecule has 0 radical (unpaired) electrons. The van der Waals surface area contributed by atoms with Crippen LogP contribution in [0.1, 0.15) is 52.9 Å². The van der Waals surface area contributed by atoms with Crippen molar-refractivity contribution < 1.29 is 9.53 Å². The van der Waals surface area contributed by atoms with E-state index in [9.17, 15) is 9.59 Å². The second-order valence-electron chi connectivity index (χ2n) is 8.87. The minimum Gasteiger partial charge on any atom is -0.494 e. The molecule has 0 aliphatic heterocycles. The number of nitrogens with one attached hydrogen (secondary N) is 1. The largest absolute Gasteiger partial charge is 0.494 e. The number of aryl methyl sites for hydroxylation is 1. The molecule has 1 amide bonds. The first-order valence-corrected chi connectivity index (χ1v) is 12.4. The molecule has 6 heteroatoms. The fourth-order valence-corrected chi connectivity index (χ4v) is 6.02. The predicted octanol–water partition coefficient (Wildman–Crippen LogP) is 5.64. The summed E-state index contributed by atoms with van der Waals surface area (Å²) in [6.45, 7) is 2.51. The molecule has 170 valence electrons. The minimum absolute atomic E-state index is 0.130. The van der Waals surface area contributed by atoms with Gasteiger partial charge in [-0.25, -0.2) is 0 Å². The Morgan fingerprint density at radius 3 is 2.55 bits per heavy atom. The molecule has 5 nitrogen and oxygen atoms in total. The van der Waals surface area contributed by atoms with E-state index >= 15 is 0 Å². The number of ether oxygens (including phenoxy) is 1. The SMILES string of the molecule is COc1c(C(=O)NC2CCCCC2)sc2c1c(=O)n(Cc1ccc(C)cc1)c1ccccc21. The molecule has 0 saturated heterocycles. The van der Waals surface area contributed by atoms with Crippen LogP contribution in [0.25, 0.3) is 21.0 Å². The number of benzene rings is 2. The third-order valence-electron chi connectivity index (χ3n) is 6.57. The number of hydrogen-bond donors (Lipinski definition) is 1. The number of nitrogens with zero attached hydrogens (tertiary/aromatic N) is 1. The second-order valence-corrected chi connectivity index (χ2v) is 9.89. The van der Waals surface area contributed by atoms with Crippen molar-refractivity contribution in [2.45, 2.75) is 51.6 Å². The average Bonchev–Trinajstić information content (AvgIpc) is 3.24. The summed E-state index contributed by atoms with van der Waals surface area (Å²) in [7, 11) is 1.54. The fourth-order valence-electron chi connectivity index (χ4n) is 4.82. The van der Waals surface area contributed by atoms with Gasteiger partial charge < -0.3 is 14.6 Å². The maximum absolute atomic E-state index is 13.8. The normalized spacial score (nSPS) is 14.6. The molecule has 1 N–H and O–H groups in total. The van der Waals surface area contributed by atoms with Gasteiger partial charge in [-0.2, -0.15) is 0 Å². The van der Waals surface area contributed by atoms with Crippen LogP contribution in [0.5, 0.6) is 5.75 Å². The fraction of sp³-hybridized carbons (Fsp3) is 0.333. The number of thiophene rings is 1. The minimum atomic E-state index is -0.145. The van der Waals surface area contributed by atoms with Gasteiger partial charge >= 0.3 is 0 Å². The van der Waals surface area contributed by atoms with E-state index in [0.717, 1.165) is 46.8 Å². The highest BCUT2D eigenvalue weighted by molar-refractivity contribution is 7.22. The molecule has 1 aliphatic carbocycles. The Hall–Kier alpha value is -3.12. The van der Waals surface area contributed by atoms with Crippen LogP contribution in [0.4, 0.5) is 0 Å². The highest BCUT2D eigenvalue weighted by Crippen LogP contribution is 2.39. The second kappa shape index (κ2) is 9.02. The van der Waals surface area contributed by atoms with Gasteiger partial charge in [0.15, 0.2) is 5.75 Å². The first-order valence-electron chi connectivity index (χ1n) is 11.5. The van der Waals surface area contributed by atoms with E-state index in [2.05, 4.69) is 29.6 Å². The third-order valence-corrected chi connectivity index (χ3v) is 7.78. The smallest absolute Gasteiger partial charge is 0.265 e. The highest BCUT2D eigenvalue weighted by Gasteiger charge is 2.26. The van der Waals surface area contributed by atoms with Crippen molar-refractivity contribution in [3.63, 3.8) is 0 Å². The molecule has 2 aromatic heterocycles. The summed E-state index contributed by atoms with van der Waals surface area (Å²) in [6, 6.07) is 16.3. The van der Waals surface area contributed by atoms with E-state index in [1.54, 1.807) is 4.57 Å². The van der Waals surface area contributed by atoms with Gasteiger partial charge in [0.2, 0.25) is 0 Å². The van der Waals surface area contributed by atoms with Crippen molar-refractivity contribution in [3.8, 4) is 5.75 Å². The Labute approximate surface area is 197 Å². The van der Waals surface area contributed by atoms with E-state index < -0.39 is 0 Å². The molecule has 2 aromatic carbocycles. The topological polar surface area (TPSA) is 60.3 Å². The van der Waals surface area contributed by atoms with Gasteiger partial charge in [-0.1, -0.05) is 67.3 Å². The Bertz CT molecular complexity index is 1380. The monoisotopic (exact) mass is 460 g/mol. The first-order chi connectivity index (χ1) is 16.1. The molecule has 0 bridgehead atoms. The summed E-state index contributed by atoms with van der Waals surface area (Å²) >= 11 is 1.36. The van der Waals surface area contributed by atoms with Gasteiger partial charge in [0.05, 0.1) is 23.9 Å². The van der Waals surface area contributed by atoms with Gasteiger partial charge in [-0.05, 0) is 31.4 Å². The van der Waals surface area contributed by atoms with Gasteiger partial charge in [0.1, 0.15) is 10.3 Å². The average molecular weight is 461 g/mol. The van der Waals surface area contributed by atoms with Crippen molar-refractivity contribution in [1.29, 1.82) is 0 Å². The van der Waals surface area contributed by atoms with E-state index in [-0.39, 0.29) is 17.5 Å². The zero-order chi connectivity index (χ0) is 22.9. The van der Waals surface area contributed by atoms with E-state index in [1.807, 2.05) is 31.2 Å². The Morgan fingerprint density at radius 2 is 1.82 bits per heavy atom. The van der Waals surface area contributed by atoms with Crippen molar-refractivity contribution >= 4 is 38.2 Å². The molecule has 1 saturated carbocycles. The number of pyridine rings is 1. The van der Waals surface area contributed by atoms with Crippen molar-refractivity contribution in [1.82, 2.24) is 9.88 Å². The Balaban J connectivity index is 1.66. The number of carbonyl (C=O) groups excluding carboxylic acids is 1. The quantitative estimate of drug-likeness (QED) is 0.419. The maximum atomic E-state index is 13.8. The van der Waals surface area contributed by atoms with Crippen LogP contribution in [-0.4, -0.2) is 23.6 Å². The van der Waals surface area contributed by atoms with Crippen LogP contribution >= 0.6 is 11.3 Å². The zero-order valence-electron chi connectivity index (χ0n) is 19.0. The standard InChI is InChI=1S/C27H28N2O3S/c1-17-12-14-18(15-13-17)16-29-21-11-7-6-10-20(21)24-22(27(29)31)23(32-2)25(33-24)26(30)28-19-8-4-3-5-9-19/h6-7,10-15,19H,3-5,8-9,16H2,1-2H3,(H,28,30). The van der Waals surface area contributed by atoms with Crippen LogP contribution in [0, 0.1) is 6.92 Å². The van der Waals surface area contributed by atoms with Crippen molar-refractivity contribution in [2.24, 2.45) is 0 Å². The molecular weight excluding hydrogens is 432 g/mol. The number of hydrogen-bond acceptors (Lipinski definition) is 4.